The van der Waals surface area contributed by atoms with E-state index in [4.69, 9.17) is 0 Å². The van der Waals surface area contributed by atoms with Crippen LogP contribution < -0.4 is 0 Å². The number of hydrogen-bond donors (Lipinski definition) is 0. The van der Waals surface area contributed by atoms with Gasteiger partial charge >= 0.3 is 27.8 Å². The first-order valence-electron chi connectivity index (χ1n) is 0.167. The quantitative estimate of drug-likeness (QED) is 0.470. The molecule has 0 aliphatic heterocycles. The summed E-state index contributed by atoms with van der Waals surface area (Å²) in [6, 6.07) is 0. The van der Waals surface area contributed by atoms with Gasteiger partial charge in [-0.25, -0.2) is 0 Å². The average Bonchev–Trinajstić information content (AvgIpc) is 1.00. The SMILES string of the molecule is B.[Fe].[S]=[Mo]. The van der Waals surface area contributed by atoms with Gasteiger partial charge in [0.05, 0.1) is 8.41 Å². The zero-order chi connectivity index (χ0) is 2.00. The second-order valence-electron chi connectivity index (χ2n) is 0. The van der Waals surface area contributed by atoms with Crippen LogP contribution in [0.3, 0.4) is 0 Å². The fraction of sp³-hybridized carbons (Fsp3) is 0. The van der Waals surface area contributed by atoms with Crippen LogP contribution >= 0.6 is 9.82 Å². The van der Waals surface area contributed by atoms with Crippen molar-refractivity contribution in [2.45, 2.75) is 0 Å². The Bertz CT molecular complexity index is 8.00. The van der Waals surface area contributed by atoms with Gasteiger partial charge in [-0.1, -0.05) is 0 Å². The van der Waals surface area contributed by atoms with Crippen LogP contribution in [0, 0.1) is 0 Å². The molecular formula is H3BFeMoS. The molecule has 0 aromatic heterocycles. The van der Waals surface area contributed by atoms with Crippen molar-refractivity contribution < 1.29 is 35.1 Å². The molecule has 0 bridgehead atoms. The van der Waals surface area contributed by atoms with Gasteiger partial charge < -0.3 is 0 Å². The summed E-state index contributed by atoms with van der Waals surface area (Å²) < 4.78 is 0. The van der Waals surface area contributed by atoms with Crippen molar-refractivity contribution >= 4 is 18.2 Å². The topological polar surface area (TPSA) is 0 Å². The summed E-state index contributed by atoms with van der Waals surface area (Å²) in [5, 5.41) is 0. The first-order chi connectivity index (χ1) is 1.00. The van der Waals surface area contributed by atoms with Crippen molar-refractivity contribution in [3.8, 4) is 0 Å². The molecule has 0 heterocycles. The molecule has 26 valence electrons. The minimum absolute atomic E-state index is 0. The van der Waals surface area contributed by atoms with E-state index < -0.39 is 0 Å². The fourth-order valence-corrected chi connectivity index (χ4v) is 0. The van der Waals surface area contributed by atoms with E-state index in [1.54, 1.807) is 0 Å². The van der Waals surface area contributed by atoms with Crippen LogP contribution in [0.5, 0.6) is 0 Å². The van der Waals surface area contributed by atoms with Crippen LogP contribution in [-0.2, 0) is 35.1 Å². The molecule has 0 saturated heterocycles. The van der Waals surface area contributed by atoms with Crippen LogP contribution in [-0.4, -0.2) is 8.41 Å². The summed E-state index contributed by atoms with van der Waals surface area (Å²) >= 11 is 1.53. The summed E-state index contributed by atoms with van der Waals surface area (Å²) in [6.07, 6.45) is 0. The molecule has 0 unspecified atom stereocenters. The third kappa shape index (κ3) is 9.74. The standard InChI is InChI=1S/BH3.Fe.Mo.S/h1H3;;;. The molecule has 0 aromatic carbocycles. The van der Waals surface area contributed by atoms with Crippen LogP contribution in [0.4, 0.5) is 0 Å². The molecule has 0 aliphatic carbocycles. The van der Waals surface area contributed by atoms with E-state index in [1.165, 1.54) is 18.0 Å². The molecule has 0 nitrogen and oxygen atoms in total. The molecule has 0 spiro atoms. The molecule has 0 aliphatic rings. The van der Waals surface area contributed by atoms with E-state index in [0.29, 0.717) is 0 Å². The first kappa shape index (κ1) is 17.8. The Morgan fingerprint density at radius 1 is 1.25 bits per heavy atom. The molecule has 0 saturated carbocycles. The van der Waals surface area contributed by atoms with Gasteiger partial charge in [0.2, 0.25) is 0 Å². The van der Waals surface area contributed by atoms with Crippen molar-refractivity contribution in [1.82, 2.24) is 0 Å². The van der Waals surface area contributed by atoms with Crippen molar-refractivity contribution in [3.05, 3.63) is 0 Å². The summed E-state index contributed by atoms with van der Waals surface area (Å²) in [6.45, 7) is 0. The zero-order valence-corrected chi connectivity index (χ0v) is 5.10. The van der Waals surface area contributed by atoms with E-state index in [1.807, 2.05) is 0 Å². The Balaban J connectivity index is -0.00000000500. The van der Waals surface area contributed by atoms with E-state index in [2.05, 4.69) is 9.82 Å². The van der Waals surface area contributed by atoms with E-state index >= 15 is 0 Å². The maximum atomic E-state index is 4.09. The summed E-state index contributed by atoms with van der Waals surface area (Å²) in [5.74, 6) is 0. The molecule has 0 N–H and O–H groups in total. The van der Waals surface area contributed by atoms with Gasteiger partial charge in [-0.15, -0.1) is 0 Å². The summed E-state index contributed by atoms with van der Waals surface area (Å²) in [4.78, 5) is 0. The minimum atomic E-state index is 0. The van der Waals surface area contributed by atoms with Crippen molar-refractivity contribution in [3.63, 3.8) is 0 Å². The van der Waals surface area contributed by atoms with Gasteiger partial charge in [0, 0.05) is 17.1 Å². The average molecular weight is 198 g/mol. The Labute approximate surface area is 53.1 Å². The van der Waals surface area contributed by atoms with Crippen molar-refractivity contribution in [2.24, 2.45) is 0 Å². The van der Waals surface area contributed by atoms with Gasteiger partial charge in [0.1, 0.15) is 0 Å². The summed E-state index contributed by atoms with van der Waals surface area (Å²) in [7, 11) is 4.09. The molecule has 0 atom stereocenters. The van der Waals surface area contributed by atoms with Crippen molar-refractivity contribution in [1.29, 1.82) is 0 Å². The molecule has 0 aromatic rings. The second kappa shape index (κ2) is 24.6. The third-order valence-corrected chi connectivity index (χ3v) is 0. The Kier molecular flexibility index (Phi) is 110. The molecule has 4 heteroatoms. The molecule has 0 fully saturated rings. The maximum absolute atomic E-state index is 4.09. The van der Waals surface area contributed by atoms with E-state index in [-0.39, 0.29) is 25.5 Å². The monoisotopic (exact) mass is 200 g/mol. The van der Waals surface area contributed by atoms with Crippen LogP contribution in [0.25, 0.3) is 0 Å². The van der Waals surface area contributed by atoms with Crippen LogP contribution in [0.2, 0.25) is 0 Å². The van der Waals surface area contributed by atoms with E-state index in [9.17, 15) is 0 Å². The zero-order valence-electron chi connectivity index (χ0n) is 1.17. The predicted molar refractivity (Wildman–Crippen MR) is 17.5 cm³/mol. The van der Waals surface area contributed by atoms with Gasteiger partial charge in [-0.3, -0.25) is 0 Å². The second-order valence-corrected chi connectivity index (χ2v) is 0. The van der Waals surface area contributed by atoms with Gasteiger partial charge in [0.25, 0.3) is 0 Å². The fourth-order valence-electron chi connectivity index (χ4n) is 0. The van der Waals surface area contributed by atoms with Crippen LogP contribution in [0.15, 0.2) is 0 Å². The predicted octanol–water partition coefficient (Wildman–Crippen LogP) is -0.541. The van der Waals surface area contributed by atoms with Gasteiger partial charge in [-0.2, -0.15) is 0 Å². The Morgan fingerprint density at radius 3 is 1.25 bits per heavy atom. The van der Waals surface area contributed by atoms with Gasteiger partial charge in [0.15, 0.2) is 0 Å². The third-order valence-electron chi connectivity index (χ3n) is 0. The van der Waals surface area contributed by atoms with E-state index in [0.717, 1.165) is 0 Å². The van der Waals surface area contributed by atoms with Crippen molar-refractivity contribution in [2.75, 3.05) is 0 Å². The molecule has 0 amide bonds. The molecule has 4 heavy (non-hydrogen) atoms. The molecule has 0 radical (unpaired) electrons. The Hall–Kier alpha value is 1.49. The Morgan fingerprint density at radius 2 is 1.25 bits per heavy atom. The molecular weight excluding hydrogens is 195 g/mol. The molecule has 0 rings (SSSR count). The normalized spacial score (nSPS) is 1.00. The number of rotatable bonds is 0. The van der Waals surface area contributed by atoms with Crippen LogP contribution in [0.1, 0.15) is 0 Å². The number of hydrogen-bond acceptors (Lipinski definition) is 1. The van der Waals surface area contributed by atoms with Gasteiger partial charge in [-0.05, 0) is 0 Å². The first-order valence-corrected chi connectivity index (χ1v) is 2.96. The summed E-state index contributed by atoms with van der Waals surface area (Å²) in [5.41, 5.74) is 0.